The van der Waals surface area contributed by atoms with Crippen LogP contribution in [0.3, 0.4) is 0 Å². The van der Waals surface area contributed by atoms with Gasteiger partial charge < -0.3 is 14.5 Å². The molecule has 2 heterocycles. The van der Waals surface area contributed by atoms with Crippen LogP contribution in [0.15, 0.2) is 88.9 Å². The van der Waals surface area contributed by atoms with Crippen molar-refractivity contribution in [2.45, 2.75) is 12.5 Å². The van der Waals surface area contributed by atoms with Gasteiger partial charge in [0.05, 0.1) is 12.0 Å². The molecule has 0 fully saturated rings. The third-order valence-electron chi connectivity index (χ3n) is 4.78. The van der Waals surface area contributed by atoms with E-state index >= 15 is 0 Å². The summed E-state index contributed by atoms with van der Waals surface area (Å²) < 4.78 is 10.3. The number of ether oxygens (including phenoxy) is 1. The fourth-order valence-electron chi connectivity index (χ4n) is 3.15. The Balaban J connectivity index is 1.35. The van der Waals surface area contributed by atoms with E-state index in [2.05, 4.69) is 15.6 Å². The number of rotatable bonds is 9. The van der Waals surface area contributed by atoms with E-state index in [0.29, 0.717) is 5.13 Å². The van der Waals surface area contributed by atoms with Crippen molar-refractivity contribution in [3.05, 3.63) is 95.8 Å². The van der Waals surface area contributed by atoms with Crippen molar-refractivity contribution in [1.29, 1.82) is 0 Å². The highest BCUT2D eigenvalue weighted by molar-refractivity contribution is 7.14. The number of hydrogen-bond donors (Lipinski definition) is 2. The largest absolute Gasteiger partial charge is 0.459 e. The van der Waals surface area contributed by atoms with Crippen LogP contribution in [0, 0.1) is 0 Å². The minimum atomic E-state index is -1.00. The van der Waals surface area contributed by atoms with Gasteiger partial charge in [0.25, 0.3) is 11.8 Å². The molecule has 1 atom stereocenters. The van der Waals surface area contributed by atoms with Crippen LogP contribution in [0.4, 0.5) is 5.13 Å². The van der Waals surface area contributed by atoms with E-state index in [-0.39, 0.29) is 12.2 Å². The summed E-state index contributed by atoms with van der Waals surface area (Å²) >= 11 is 1.27. The second-order valence-corrected chi connectivity index (χ2v) is 8.11. The lowest BCUT2D eigenvalue weighted by Gasteiger charge is -2.17. The molecule has 2 aromatic carbocycles. The number of esters is 1. The van der Waals surface area contributed by atoms with Crippen LogP contribution in [0.2, 0.25) is 0 Å². The Bertz CT molecular complexity index is 1240. The van der Waals surface area contributed by atoms with E-state index in [1.807, 2.05) is 66.0 Å². The van der Waals surface area contributed by atoms with Crippen LogP contribution in [-0.4, -0.2) is 35.4 Å². The van der Waals surface area contributed by atoms with E-state index in [9.17, 15) is 14.4 Å². The van der Waals surface area contributed by atoms with Crippen molar-refractivity contribution in [2.75, 3.05) is 11.9 Å². The molecule has 0 aliphatic heterocycles. The number of carbonyl (C=O) groups is 3. The maximum Gasteiger partial charge on any atom is 0.329 e. The van der Waals surface area contributed by atoms with Crippen molar-refractivity contribution < 1.29 is 23.5 Å². The summed E-state index contributed by atoms with van der Waals surface area (Å²) in [7, 11) is 0. The minimum Gasteiger partial charge on any atom is -0.459 e. The first-order valence-corrected chi connectivity index (χ1v) is 11.3. The van der Waals surface area contributed by atoms with Gasteiger partial charge in [0.15, 0.2) is 17.5 Å². The summed E-state index contributed by atoms with van der Waals surface area (Å²) in [6.07, 6.45) is 1.56. The Morgan fingerprint density at radius 3 is 2.41 bits per heavy atom. The number of furan rings is 1. The number of aromatic nitrogens is 1. The molecule has 0 saturated heterocycles. The highest BCUT2D eigenvalue weighted by Gasteiger charge is 2.25. The van der Waals surface area contributed by atoms with Crippen LogP contribution in [0.1, 0.15) is 16.1 Å². The van der Waals surface area contributed by atoms with Gasteiger partial charge in [-0.05, 0) is 17.7 Å². The first kappa shape index (κ1) is 22.9. The molecule has 0 saturated carbocycles. The van der Waals surface area contributed by atoms with Crippen LogP contribution in [-0.2, 0) is 20.7 Å². The average Bonchev–Trinajstić information content (AvgIpc) is 3.56. The lowest BCUT2D eigenvalue weighted by Crippen LogP contribution is -2.44. The second-order valence-electron chi connectivity index (χ2n) is 7.25. The zero-order valence-electron chi connectivity index (χ0n) is 18.0. The van der Waals surface area contributed by atoms with Gasteiger partial charge in [0, 0.05) is 17.4 Å². The van der Waals surface area contributed by atoms with Gasteiger partial charge in [0.1, 0.15) is 6.04 Å². The molecule has 2 N–H and O–H groups in total. The monoisotopic (exact) mass is 475 g/mol. The molecular weight excluding hydrogens is 454 g/mol. The van der Waals surface area contributed by atoms with Crippen LogP contribution >= 0.6 is 11.3 Å². The average molecular weight is 476 g/mol. The fourth-order valence-corrected chi connectivity index (χ4v) is 3.88. The Kier molecular flexibility index (Phi) is 7.46. The highest BCUT2D eigenvalue weighted by Crippen LogP contribution is 2.24. The molecule has 0 unspecified atom stereocenters. The molecule has 0 radical (unpaired) electrons. The van der Waals surface area contributed by atoms with Gasteiger partial charge in [-0.1, -0.05) is 60.7 Å². The van der Waals surface area contributed by atoms with Crippen molar-refractivity contribution in [2.24, 2.45) is 0 Å². The SMILES string of the molecule is O=C(COC(=O)[C@H](Cc1ccccc1)NC(=O)c1ccco1)Nc1nc(-c2ccccc2)cs1. The molecule has 8 nitrogen and oxygen atoms in total. The van der Waals surface area contributed by atoms with E-state index in [1.54, 1.807) is 6.07 Å². The van der Waals surface area contributed by atoms with E-state index in [1.165, 1.54) is 23.7 Å². The lowest BCUT2D eigenvalue weighted by molar-refractivity contribution is -0.149. The van der Waals surface area contributed by atoms with Crippen molar-refractivity contribution in [1.82, 2.24) is 10.3 Å². The summed E-state index contributed by atoms with van der Waals surface area (Å²) in [5, 5.41) is 7.47. The molecule has 9 heteroatoms. The normalized spacial score (nSPS) is 11.4. The minimum absolute atomic E-state index is 0.0709. The van der Waals surface area contributed by atoms with Gasteiger partial charge >= 0.3 is 5.97 Å². The fraction of sp³-hybridized carbons (Fsp3) is 0.120. The molecule has 2 amide bonds. The molecule has 34 heavy (non-hydrogen) atoms. The third-order valence-corrected chi connectivity index (χ3v) is 5.54. The number of amides is 2. The molecule has 0 bridgehead atoms. The maximum atomic E-state index is 12.7. The maximum absolute atomic E-state index is 12.7. The molecule has 4 aromatic rings. The molecule has 172 valence electrons. The first-order valence-electron chi connectivity index (χ1n) is 10.4. The summed E-state index contributed by atoms with van der Waals surface area (Å²) in [5.41, 5.74) is 2.49. The number of nitrogens with zero attached hydrogens (tertiary/aromatic N) is 1. The summed E-state index contributed by atoms with van der Waals surface area (Å²) in [6, 6.07) is 20.8. The predicted molar refractivity (Wildman–Crippen MR) is 127 cm³/mol. The Labute approximate surface area is 199 Å². The molecule has 0 aliphatic rings. The Morgan fingerprint density at radius 2 is 1.71 bits per heavy atom. The summed E-state index contributed by atoms with van der Waals surface area (Å²) in [4.78, 5) is 41.9. The quantitative estimate of drug-likeness (QED) is 0.355. The lowest BCUT2D eigenvalue weighted by atomic mass is 10.1. The van der Waals surface area contributed by atoms with E-state index < -0.39 is 30.4 Å². The molecular formula is C25H21N3O5S. The third kappa shape index (κ3) is 6.17. The van der Waals surface area contributed by atoms with Crippen LogP contribution in [0.25, 0.3) is 11.3 Å². The number of thiazole rings is 1. The zero-order valence-corrected chi connectivity index (χ0v) is 18.8. The molecule has 0 aliphatic carbocycles. The molecule has 4 rings (SSSR count). The molecule has 0 spiro atoms. The zero-order chi connectivity index (χ0) is 23.8. The van der Waals surface area contributed by atoms with Crippen molar-refractivity contribution >= 4 is 34.3 Å². The highest BCUT2D eigenvalue weighted by atomic mass is 32.1. The summed E-state index contributed by atoms with van der Waals surface area (Å²) in [5.74, 6) is -1.74. The van der Waals surface area contributed by atoms with Crippen LogP contribution in [0.5, 0.6) is 0 Å². The smallest absolute Gasteiger partial charge is 0.329 e. The van der Waals surface area contributed by atoms with Gasteiger partial charge in [-0.25, -0.2) is 9.78 Å². The summed E-state index contributed by atoms with van der Waals surface area (Å²) in [6.45, 7) is -0.513. The van der Waals surface area contributed by atoms with E-state index in [4.69, 9.17) is 9.15 Å². The van der Waals surface area contributed by atoms with Gasteiger partial charge in [-0.2, -0.15) is 0 Å². The number of nitrogens with one attached hydrogen (secondary N) is 2. The number of carbonyl (C=O) groups excluding carboxylic acids is 3. The second kappa shape index (κ2) is 11.1. The number of anilines is 1. The van der Waals surface area contributed by atoms with Gasteiger partial charge in [-0.3, -0.25) is 14.9 Å². The van der Waals surface area contributed by atoms with Crippen molar-refractivity contribution in [3.63, 3.8) is 0 Å². The predicted octanol–water partition coefficient (Wildman–Crippen LogP) is 3.93. The van der Waals surface area contributed by atoms with Crippen LogP contribution < -0.4 is 10.6 Å². The van der Waals surface area contributed by atoms with E-state index in [0.717, 1.165) is 16.8 Å². The van der Waals surface area contributed by atoms with Crippen molar-refractivity contribution in [3.8, 4) is 11.3 Å². The standard InChI is InChI=1S/C25H21N3O5S/c29-22(28-25-27-20(16-34-25)18-10-5-2-6-11-18)15-33-24(31)19(14-17-8-3-1-4-9-17)26-23(30)21-12-7-13-32-21/h1-13,16,19H,14-15H2,(H,26,30)(H,27,28,29)/t19-/m0/s1. The number of benzene rings is 2. The first-order chi connectivity index (χ1) is 16.6. The van der Waals surface area contributed by atoms with Gasteiger partial charge in [0.2, 0.25) is 0 Å². The Hall–Kier alpha value is -4.24. The molecule has 2 aromatic heterocycles. The Morgan fingerprint density at radius 1 is 0.971 bits per heavy atom. The van der Waals surface area contributed by atoms with Gasteiger partial charge in [-0.15, -0.1) is 11.3 Å². The topological polar surface area (TPSA) is 111 Å². The number of hydrogen-bond acceptors (Lipinski definition) is 7.